The molecule has 2 aromatic heterocycles. The van der Waals surface area contributed by atoms with Crippen LogP contribution in [-0.2, 0) is 4.74 Å². The molecule has 0 radical (unpaired) electrons. The predicted octanol–water partition coefficient (Wildman–Crippen LogP) is 1.65. The lowest BCUT2D eigenvalue weighted by atomic mass is 10.1. The molecule has 2 aliphatic heterocycles. The minimum Gasteiger partial charge on any atom is -0.378 e. The van der Waals surface area contributed by atoms with Gasteiger partial charge >= 0.3 is 0 Å². The van der Waals surface area contributed by atoms with Crippen molar-refractivity contribution in [1.29, 1.82) is 0 Å². The van der Waals surface area contributed by atoms with Crippen molar-refractivity contribution in [1.82, 2.24) is 25.2 Å². The van der Waals surface area contributed by atoms with Crippen molar-refractivity contribution in [2.45, 2.75) is 0 Å². The number of rotatable bonds is 3. The van der Waals surface area contributed by atoms with E-state index in [1.165, 1.54) is 12.1 Å². The van der Waals surface area contributed by atoms with Gasteiger partial charge in [0.05, 0.1) is 18.9 Å². The molecule has 0 spiro atoms. The van der Waals surface area contributed by atoms with Gasteiger partial charge in [0.1, 0.15) is 11.6 Å². The van der Waals surface area contributed by atoms with Crippen LogP contribution in [0.4, 0.5) is 10.2 Å². The first-order chi connectivity index (χ1) is 14.7. The second-order valence-corrected chi connectivity index (χ2v) is 7.47. The van der Waals surface area contributed by atoms with Crippen LogP contribution in [0.25, 0.3) is 22.2 Å². The van der Waals surface area contributed by atoms with Gasteiger partial charge in [-0.15, -0.1) is 0 Å². The van der Waals surface area contributed by atoms with Gasteiger partial charge in [0.15, 0.2) is 0 Å². The van der Waals surface area contributed by atoms with Crippen LogP contribution in [0, 0.1) is 5.82 Å². The van der Waals surface area contributed by atoms with Gasteiger partial charge in [-0.2, -0.15) is 0 Å². The maximum atomic E-state index is 14.3. The van der Waals surface area contributed by atoms with Gasteiger partial charge in [-0.05, 0) is 18.2 Å². The number of nitrogens with zero attached hydrogens (tertiary/aromatic N) is 4. The molecular formula is C21H23FN6O2. The summed E-state index contributed by atoms with van der Waals surface area (Å²) in [5, 5.41) is 4.09. The van der Waals surface area contributed by atoms with Crippen LogP contribution < -0.4 is 10.2 Å². The molecule has 2 aliphatic rings. The Kier molecular flexibility index (Phi) is 5.06. The monoisotopic (exact) mass is 410 g/mol. The van der Waals surface area contributed by atoms with Crippen LogP contribution in [0.5, 0.6) is 0 Å². The third kappa shape index (κ3) is 3.61. The molecule has 4 heterocycles. The number of benzene rings is 1. The van der Waals surface area contributed by atoms with Crippen LogP contribution in [0.2, 0.25) is 0 Å². The van der Waals surface area contributed by atoms with E-state index >= 15 is 0 Å². The molecule has 1 aromatic carbocycles. The molecule has 0 aliphatic carbocycles. The van der Waals surface area contributed by atoms with Crippen molar-refractivity contribution >= 4 is 22.6 Å². The van der Waals surface area contributed by atoms with Gasteiger partial charge in [-0.25, -0.2) is 14.4 Å². The predicted molar refractivity (Wildman–Crippen MR) is 111 cm³/mol. The van der Waals surface area contributed by atoms with E-state index in [1.807, 2.05) is 12.1 Å². The molecule has 2 N–H and O–H groups in total. The quantitative estimate of drug-likeness (QED) is 0.683. The fourth-order valence-electron chi connectivity index (χ4n) is 3.98. The Bertz CT molecular complexity index is 1070. The lowest BCUT2D eigenvalue weighted by Crippen LogP contribution is -2.47. The Labute approximate surface area is 173 Å². The van der Waals surface area contributed by atoms with Gasteiger partial charge in [-0.1, -0.05) is 0 Å². The Morgan fingerprint density at radius 2 is 1.87 bits per heavy atom. The van der Waals surface area contributed by atoms with Gasteiger partial charge in [0.25, 0.3) is 5.91 Å². The number of carbonyl (C=O) groups excluding carboxylic acids is 1. The van der Waals surface area contributed by atoms with E-state index in [-0.39, 0.29) is 17.5 Å². The van der Waals surface area contributed by atoms with E-state index in [0.29, 0.717) is 62.0 Å². The van der Waals surface area contributed by atoms with Crippen LogP contribution >= 0.6 is 0 Å². The van der Waals surface area contributed by atoms with E-state index in [9.17, 15) is 9.18 Å². The first-order valence-corrected chi connectivity index (χ1v) is 10.2. The molecule has 0 unspecified atom stereocenters. The summed E-state index contributed by atoms with van der Waals surface area (Å²) in [6.07, 6.45) is 1.77. The number of anilines is 1. The largest absolute Gasteiger partial charge is 0.378 e. The average Bonchev–Trinajstić information content (AvgIpc) is 3.27. The molecule has 2 saturated heterocycles. The number of nitrogens with one attached hydrogen (secondary N) is 2. The standard InChI is InChI=1S/C21H23FN6O2/c22-14-11-16(15-1-2-24-17(15)12-14)18-13-19(27-7-9-30-10-8-27)26-20(25-18)21(29)28-5-3-23-4-6-28/h1-2,11-13,23-24H,3-10H2. The number of piperazine rings is 1. The van der Waals surface area contributed by atoms with Crippen molar-refractivity contribution in [3.05, 3.63) is 42.1 Å². The number of hydrogen-bond acceptors (Lipinski definition) is 6. The molecule has 30 heavy (non-hydrogen) atoms. The number of ether oxygens (including phenoxy) is 1. The number of aromatic nitrogens is 3. The molecule has 0 saturated carbocycles. The first kappa shape index (κ1) is 19.0. The average molecular weight is 410 g/mol. The SMILES string of the molecule is O=C(c1nc(-c2cc(F)cc3[nH]ccc23)cc(N2CCOCC2)n1)N1CCNCC1. The zero-order valence-corrected chi connectivity index (χ0v) is 16.5. The van der Waals surface area contributed by atoms with Crippen LogP contribution in [0.15, 0.2) is 30.5 Å². The minimum absolute atomic E-state index is 0.142. The zero-order chi connectivity index (χ0) is 20.5. The summed E-state index contributed by atoms with van der Waals surface area (Å²) in [4.78, 5) is 29.2. The highest BCUT2D eigenvalue weighted by Gasteiger charge is 2.24. The fraction of sp³-hybridized carbons (Fsp3) is 0.381. The summed E-state index contributed by atoms with van der Waals surface area (Å²) >= 11 is 0. The summed E-state index contributed by atoms with van der Waals surface area (Å²) in [5.74, 6) is 0.245. The summed E-state index contributed by atoms with van der Waals surface area (Å²) in [5.41, 5.74) is 1.86. The number of halogens is 1. The van der Waals surface area contributed by atoms with Crippen molar-refractivity contribution in [2.24, 2.45) is 0 Å². The highest BCUT2D eigenvalue weighted by atomic mass is 19.1. The van der Waals surface area contributed by atoms with E-state index in [1.54, 1.807) is 11.1 Å². The fourth-order valence-corrected chi connectivity index (χ4v) is 3.98. The molecule has 156 valence electrons. The minimum atomic E-state index is -0.360. The van der Waals surface area contributed by atoms with Crippen molar-refractivity contribution in [3.8, 4) is 11.3 Å². The summed E-state index contributed by atoms with van der Waals surface area (Å²) < 4.78 is 19.7. The van der Waals surface area contributed by atoms with Crippen LogP contribution in [-0.4, -0.2) is 78.2 Å². The zero-order valence-electron chi connectivity index (χ0n) is 16.5. The molecule has 5 rings (SSSR count). The van der Waals surface area contributed by atoms with Crippen LogP contribution in [0.1, 0.15) is 10.6 Å². The Hall–Kier alpha value is -3.04. The summed E-state index contributed by atoms with van der Waals surface area (Å²) in [6, 6.07) is 6.63. The maximum absolute atomic E-state index is 14.3. The van der Waals surface area contributed by atoms with Crippen LogP contribution in [0.3, 0.4) is 0 Å². The third-order valence-corrected chi connectivity index (χ3v) is 5.55. The normalized spacial score (nSPS) is 17.5. The smallest absolute Gasteiger partial charge is 0.291 e. The highest BCUT2D eigenvalue weighted by molar-refractivity contribution is 5.96. The molecule has 0 atom stereocenters. The topological polar surface area (TPSA) is 86.4 Å². The number of morpholine rings is 1. The van der Waals surface area contributed by atoms with E-state index in [2.05, 4.69) is 25.2 Å². The molecule has 1 amide bonds. The molecule has 8 nitrogen and oxygen atoms in total. The van der Waals surface area contributed by atoms with Crippen molar-refractivity contribution in [3.63, 3.8) is 0 Å². The van der Waals surface area contributed by atoms with Gasteiger partial charge < -0.3 is 24.8 Å². The van der Waals surface area contributed by atoms with Gasteiger partial charge in [0, 0.05) is 68.0 Å². The number of amides is 1. The third-order valence-electron chi connectivity index (χ3n) is 5.55. The van der Waals surface area contributed by atoms with Gasteiger partial charge in [0.2, 0.25) is 5.82 Å². The number of carbonyl (C=O) groups is 1. The first-order valence-electron chi connectivity index (χ1n) is 10.2. The Balaban J connectivity index is 1.62. The number of aromatic amines is 1. The lowest BCUT2D eigenvalue weighted by Gasteiger charge is -2.29. The summed E-state index contributed by atoms with van der Waals surface area (Å²) in [6.45, 7) is 5.28. The summed E-state index contributed by atoms with van der Waals surface area (Å²) in [7, 11) is 0. The van der Waals surface area contributed by atoms with Gasteiger partial charge in [-0.3, -0.25) is 4.79 Å². The molecule has 2 fully saturated rings. The lowest BCUT2D eigenvalue weighted by molar-refractivity contribution is 0.0723. The maximum Gasteiger partial charge on any atom is 0.291 e. The second-order valence-electron chi connectivity index (χ2n) is 7.47. The number of fused-ring (bicyclic) bond motifs is 1. The second kappa shape index (κ2) is 8.00. The molecular weight excluding hydrogens is 387 g/mol. The Morgan fingerprint density at radius 1 is 1.07 bits per heavy atom. The van der Waals surface area contributed by atoms with Crippen molar-refractivity contribution < 1.29 is 13.9 Å². The molecule has 3 aromatic rings. The number of hydrogen-bond donors (Lipinski definition) is 2. The highest BCUT2D eigenvalue weighted by Crippen LogP contribution is 2.30. The van der Waals surface area contributed by atoms with Crippen molar-refractivity contribution in [2.75, 3.05) is 57.4 Å². The van der Waals surface area contributed by atoms with E-state index in [0.717, 1.165) is 18.5 Å². The van der Waals surface area contributed by atoms with E-state index < -0.39 is 0 Å². The molecule has 9 heteroatoms. The van der Waals surface area contributed by atoms with E-state index in [4.69, 9.17) is 4.74 Å². The number of H-pyrrole nitrogens is 1. The molecule has 0 bridgehead atoms. The Morgan fingerprint density at radius 3 is 2.67 bits per heavy atom.